The van der Waals surface area contributed by atoms with Crippen molar-refractivity contribution in [2.24, 2.45) is 5.92 Å². The average molecular weight is 316 g/mol. The topological polar surface area (TPSA) is 64.3 Å². The summed E-state index contributed by atoms with van der Waals surface area (Å²) in [5.74, 6) is 1.27. The van der Waals surface area contributed by atoms with Gasteiger partial charge in [-0.15, -0.1) is 11.3 Å². The first-order chi connectivity index (χ1) is 10.6. The normalized spacial score (nSPS) is 16.9. The van der Waals surface area contributed by atoms with Gasteiger partial charge in [-0.05, 0) is 48.9 Å². The van der Waals surface area contributed by atoms with Gasteiger partial charge in [0, 0.05) is 10.9 Å². The van der Waals surface area contributed by atoms with Crippen LogP contribution in [0.1, 0.15) is 33.5 Å². The predicted molar refractivity (Wildman–Crippen MR) is 90.9 cm³/mol. The molecule has 0 saturated heterocycles. The number of ether oxygens (including phenoxy) is 1. The van der Waals surface area contributed by atoms with Crippen LogP contribution in [0.3, 0.4) is 0 Å². The second-order valence-corrected chi connectivity index (χ2v) is 6.95. The Bertz CT molecular complexity index is 709. The number of aryl methyl sites for hydroxylation is 1. The fourth-order valence-corrected chi connectivity index (χ4v) is 3.88. The fraction of sp³-hybridized carbons (Fsp3) is 0.353. The molecule has 3 N–H and O–H groups in total. The van der Waals surface area contributed by atoms with Crippen molar-refractivity contribution in [1.82, 2.24) is 0 Å². The molecule has 1 heterocycles. The minimum Gasteiger partial charge on any atom is -0.497 e. The molecule has 1 aliphatic rings. The van der Waals surface area contributed by atoms with Crippen molar-refractivity contribution in [3.05, 3.63) is 39.6 Å². The van der Waals surface area contributed by atoms with Crippen molar-refractivity contribution in [2.45, 2.75) is 26.2 Å². The summed E-state index contributed by atoms with van der Waals surface area (Å²) < 4.78 is 5.17. The third kappa shape index (κ3) is 2.95. The number of hydrogen-bond donors (Lipinski definition) is 2. The summed E-state index contributed by atoms with van der Waals surface area (Å²) in [4.78, 5) is 14.6. The Balaban J connectivity index is 1.80. The van der Waals surface area contributed by atoms with Gasteiger partial charge in [-0.25, -0.2) is 0 Å². The molecule has 0 aliphatic heterocycles. The van der Waals surface area contributed by atoms with Crippen LogP contribution in [0.5, 0.6) is 5.75 Å². The number of carbonyl (C=O) groups is 1. The number of carbonyl (C=O) groups excluding carboxylic acids is 1. The van der Waals surface area contributed by atoms with Gasteiger partial charge >= 0.3 is 0 Å². The zero-order valence-corrected chi connectivity index (χ0v) is 13.6. The zero-order valence-electron chi connectivity index (χ0n) is 12.8. The predicted octanol–water partition coefficient (Wildman–Crippen LogP) is 3.72. The summed E-state index contributed by atoms with van der Waals surface area (Å²) in [5, 5.41) is 2.89. The molecule has 0 saturated carbocycles. The lowest BCUT2D eigenvalue weighted by molar-refractivity contribution is 0.103. The van der Waals surface area contributed by atoms with Gasteiger partial charge in [-0.2, -0.15) is 0 Å². The lowest BCUT2D eigenvalue weighted by Crippen LogP contribution is -2.12. The smallest absolute Gasteiger partial charge is 0.265 e. The van der Waals surface area contributed by atoms with Crippen molar-refractivity contribution in [3.8, 4) is 5.75 Å². The summed E-state index contributed by atoms with van der Waals surface area (Å²) in [6.07, 6.45) is 3.35. The van der Waals surface area contributed by atoms with Crippen LogP contribution in [0.25, 0.3) is 0 Å². The van der Waals surface area contributed by atoms with Gasteiger partial charge in [0.2, 0.25) is 0 Å². The van der Waals surface area contributed by atoms with Gasteiger partial charge < -0.3 is 15.8 Å². The Kier molecular flexibility index (Phi) is 4.07. The monoisotopic (exact) mass is 316 g/mol. The fourth-order valence-electron chi connectivity index (χ4n) is 2.77. The summed E-state index contributed by atoms with van der Waals surface area (Å²) >= 11 is 1.60. The summed E-state index contributed by atoms with van der Waals surface area (Å²) in [7, 11) is 1.59. The highest BCUT2D eigenvalue weighted by Crippen LogP contribution is 2.33. The van der Waals surface area contributed by atoms with Gasteiger partial charge in [-0.3, -0.25) is 4.79 Å². The molecule has 3 rings (SSSR count). The van der Waals surface area contributed by atoms with Crippen LogP contribution in [-0.2, 0) is 12.8 Å². The highest BCUT2D eigenvalue weighted by molar-refractivity contribution is 7.14. The molecule has 22 heavy (non-hydrogen) atoms. The minimum absolute atomic E-state index is 0.105. The molecule has 1 aromatic carbocycles. The number of nitrogens with one attached hydrogen (secondary N) is 1. The van der Waals surface area contributed by atoms with E-state index in [0.717, 1.165) is 17.7 Å². The first-order valence-electron chi connectivity index (χ1n) is 7.43. The minimum atomic E-state index is -0.105. The number of thiophene rings is 1. The molecular formula is C17H20N2O2S. The number of hydrogen-bond acceptors (Lipinski definition) is 4. The van der Waals surface area contributed by atoms with Crippen LogP contribution in [0, 0.1) is 5.92 Å². The molecule has 0 radical (unpaired) electrons. The first-order valence-corrected chi connectivity index (χ1v) is 8.25. The maximum atomic E-state index is 12.5. The summed E-state index contributed by atoms with van der Waals surface area (Å²) in [6, 6.07) is 7.27. The standard InChI is InChI=1S/C17H20N2O2S/c1-10-3-6-15-11(7-10)8-16(22-15)17(20)19-14-9-12(21-2)4-5-13(14)18/h4-5,8-10H,3,6-7,18H2,1-2H3,(H,19,20). The molecule has 5 heteroatoms. The Morgan fingerprint density at radius 3 is 3.00 bits per heavy atom. The lowest BCUT2D eigenvalue weighted by Gasteiger charge is -2.16. The maximum absolute atomic E-state index is 12.5. The van der Waals surface area contributed by atoms with Crippen molar-refractivity contribution in [2.75, 3.05) is 18.2 Å². The van der Waals surface area contributed by atoms with E-state index in [4.69, 9.17) is 10.5 Å². The SMILES string of the molecule is COc1ccc(N)c(NC(=O)c2cc3c(s2)CCC(C)C3)c1. The maximum Gasteiger partial charge on any atom is 0.265 e. The molecule has 1 unspecified atom stereocenters. The number of fused-ring (bicyclic) bond motifs is 1. The van der Waals surface area contributed by atoms with Gasteiger partial charge in [0.1, 0.15) is 5.75 Å². The van der Waals surface area contributed by atoms with E-state index in [1.165, 1.54) is 16.9 Å². The van der Waals surface area contributed by atoms with E-state index in [1.54, 1.807) is 36.6 Å². The van der Waals surface area contributed by atoms with E-state index in [2.05, 4.69) is 12.2 Å². The van der Waals surface area contributed by atoms with E-state index in [9.17, 15) is 4.79 Å². The van der Waals surface area contributed by atoms with Crippen molar-refractivity contribution in [1.29, 1.82) is 0 Å². The van der Waals surface area contributed by atoms with Crippen molar-refractivity contribution in [3.63, 3.8) is 0 Å². The number of rotatable bonds is 3. The summed E-state index contributed by atoms with van der Waals surface area (Å²) in [6.45, 7) is 2.26. The van der Waals surface area contributed by atoms with Gasteiger partial charge in [0.25, 0.3) is 5.91 Å². The Hall–Kier alpha value is -2.01. The number of anilines is 2. The van der Waals surface area contributed by atoms with E-state index in [1.807, 2.05) is 6.07 Å². The van der Waals surface area contributed by atoms with Crippen LogP contribution in [0.15, 0.2) is 24.3 Å². The lowest BCUT2D eigenvalue weighted by atomic mass is 9.90. The van der Waals surface area contributed by atoms with Crippen molar-refractivity contribution >= 4 is 28.6 Å². The van der Waals surface area contributed by atoms with Crippen LogP contribution < -0.4 is 15.8 Å². The Labute approximate surface area is 134 Å². The summed E-state index contributed by atoms with van der Waals surface area (Å²) in [5.41, 5.74) is 8.36. The molecule has 1 atom stereocenters. The molecule has 116 valence electrons. The molecule has 0 bridgehead atoms. The molecule has 0 spiro atoms. The molecule has 0 fully saturated rings. The second kappa shape index (κ2) is 6.01. The van der Waals surface area contributed by atoms with Crippen LogP contribution in [-0.4, -0.2) is 13.0 Å². The van der Waals surface area contributed by atoms with Crippen LogP contribution in [0.4, 0.5) is 11.4 Å². The van der Waals surface area contributed by atoms with Gasteiger partial charge in [0.15, 0.2) is 0 Å². The Morgan fingerprint density at radius 2 is 2.23 bits per heavy atom. The van der Waals surface area contributed by atoms with E-state index >= 15 is 0 Å². The zero-order chi connectivity index (χ0) is 15.7. The van der Waals surface area contributed by atoms with E-state index in [-0.39, 0.29) is 5.91 Å². The van der Waals surface area contributed by atoms with Gasteiger partial charge in [0.05, 0.1) is 23.4 Å². The average Bonchev–Trinajstić information content (AvgIpc) is 2.92. The number of methoxy groups -OCH3 is 1. The number of nitrogens with two attached hydrogens (primary N) is 1. The quantitative estimate of drug-likeness (QED) is 0.848. The van der Waals surface area contributed by atoms with Crippen LogP contribution in [0.2, 0.25) is 0 Å². The number of benzene rings is 1. The van der Waals surface area contributed by atoms with Gasteiger partial charge in [-0.1, -0.05) is 6.92 Å². The van der Waals surface area contributed by atoms with E-state index in [0.29, 0.717) is 23.0 Å². The third-order valence-corrected chi connectivity index (χ3v) is 5.30. The Morgan fingerprint density at radius 1 is 1.41 bits per heavy atom. The van der Waals surface area contributed by atoms with Crippen molar-refractivity contribution < 1.29 is 9.53 Å². The first kappa shape index (κ1) is 14.9. The molecule has 2 aromatic rings. The second-order valence-electron chi connectivity index (χ2n) is 5.81. The molecule has 1 amide bonds. The number of amides is 1. The third-order valence-electron chi connectivity index (χ3n) is 4.06. The van der Waals surface area contributed by atoms with E-state index < -0.39 is 0 Å². The highest BCUT2D eigenvalue weighted by Gasteiger charge is 2.21. The molecule has 1 aliphatic carbocycles. The van der Waals surface area contributed by atoms with Crippen LogP contribution >= 0.6 is 11.3 Å². The largest absolute Gasteiger partial charge is 0.497 e. The number of nitrogen functional groups attached to an aromatic ring is 1. The molecule has 1 aromatic heterocycles. The molecule has 4 nitrogen and oxygen atoms in total. The highest BCUT2D eigenvalue weighted by atomic mass is 32.1. The molecular weight excluding hydrogens is 296 g/mol.